The van der Waals surface area contributed by atoms with Crippen LogP contribution in [-0.4, -0.2) is 26.5 Å². The molecular formula is C4H5Bi. The van der Waals surface area contributed by atoms with Crippen LogP contribution in [0, 0.1) is 0 Å². The Kier molecular flexibility index (Phi) is 1.34. The summed E-state index contributed by atoms with van der Waals surface area (Å²) in [7, 11) is 0. The summed E-state index contributed by atoms with van der Waals surface area (Å²) < 4.78 is 3.81. The molecule has 5 heavy (non-hydrogen) atoms. The Morgan fingerprint density at radius 1 is 1.60 bits per heavy atom. The molecule has 0 nitrogen and oxygen atoms in total. The summed E-state index contributed by atoms with van der Waals surface area (Å²) in [5, 5.41) is 0. The summed E-state index contributed by atoms with van der Waals surface area (Å²) in [4.78, 5) is 0. The Balaban J connectivity index is 2.61. The molecule has 0 N–H and O–H groups in total. The first kappa shape index (κ1) is 3.68. The molecule has 1 aliphatic rings. The van der Waals surface area contributed by atoms with Crippen LogP contribution in [0.25, 0.3) is 0 Å². The minimum atomic E-state index is 0.0201. The molecule has 0 spiro atoms. The molecule has 0 aromatic carbocycles. The molecule has 0 bridgehead atoms. The fraction of sp³-hybridized carbons (Fsp3) is 0.250. The van der Waals surface area contributed by atoms with Crippen LogP contribution in [-0.2, 0) is 0 Å². The van der Waals surface area contributed by atoms with Crippen LogP contribution in [0.5, 0.6) is 0 Å². The first-order valence-electron chi connectivity index (χ1n) is 1.65. The second-order valence-corrected chi connectivity index (χ2v) is 4.94. The summed E-state index contributed by atoms with van der Waals surface area (Å²) in [5.74, 6) is 0. The Labute approximate surface area is 42.9 Å². The average molecular weight is 262 g/mol. The van der Waals surface area contributed by atoms with Crippen LogP contribution in [0.15, 0.2) is 12.2 Å². The van der Waals surface area contributed by atoms with Gasteiger partial charge in [-0.2, -0.15) is 0 Å². The van der Waals surface area contributed by atoms with E-state index in [2.05, 4.69) is 15.9 Å². The zero-order valence-corrected chi connectivity index (χ0v) is 6.36. The van der Waals surface area contributed by atoms with Crippen LogP contribution in [0.1, 0.15) is 0 Å². The number of rotatable bonds is 0. The molecule has 0 fully saturated rings. The zero-order chi connectivity index (χ0) is 3.54. The quantitative estimate of drug-likeness (QED) is 0.557. The van der Waals surface area contributed by atoms with Crippen LogP contribution < -0.4 is 0 Å². The first-order valence-corrected chi connectivity index (χ1v) is 6.12. The van der Waals surface area contributed by atoms with Crippen molar-refractivity contribution in [2.75, 3.05) is 0 Å². The van der Waals surface area contributed by atoms with E-state index in [1.165, 1.54) is 4.13 Å². The van der Waals surface area contributed by atoms with Crippen molar-refractivity contribution in [3.63, 3.8) is 0 Å². The van der Waals surface area contributed by atoms with E-state index in [1.807, 2.05) is 0 Å². The molecule has 26 valence electrons. The first-order chi connectivity index (χ1) is 2.50. The van der Waals surface area contributed by atoms with E-state index in [-0.39, 0.29) is 22.8 Å². The maximum absolute atomic E-state index is 2.36. The predicted molar refractivity (Wildman–Crippen MR) is 25.8 cm³/mol. The molecule has 0 radical (unpaired) electrons. The second kappa shape index (κ2) is 1.82. The van der Waals surface area contributed by atoms with E-state index in [1.54, 1.807) is 0 Å². The Morgan fingerprint density at radius 2 is 2.60 bits per heavy atom. The molecule has 1 aliphatic heterocycles. The molecule has 0 aliphatic carbocycles. The van der Waals surface area contributed by atoms with Gasteiger partial charge in [-0.15, -0.1) is 0 Å². The van der Waals surface area contributed by atoms with Gasteiger partial charge in [-0.1, -0.05) is 0 Å². The zero-order valence-electron chi connectivity index (χ0n) is 2.89. The summed E-state index contributed by atoms with van der Waals surface area (Å²) in [6, 6.07) is 0. The molecule has 0 unspecified atom stereocenters. The third-order valence-corrected chi connectivity index (χ3v) is 3.67. The van der Waals surface area contributed by atoms with Gasteiger partial charge < -0.3 is 0 Å². The maximum atomic E-state index is 2.36. The molecule has 0 saturated carbocycles. The van der Waals surface area contributed by atoms with Crippen LogP contribution in [0.3, 0.4) is 0 Å². The van der Waals surface area contributed by atoms with Gasteiger partial charge in [-0.3, -0.25) is 0 Å². The molecule has 1 heterocycles. The van der Waals surface area contributed by atoms with Gasteiger partial charge in [-0.05, 0) is 0 Å². The Bertz CT molecular complexity index is 61.7. The molecule has 0 amide bonds. The molecular weight excluding hydrogens is 257 g/mol. The normalized spacial score (nSPS) is 17.6. The monoisotopic (exact) mass is 262 g/mol. The molecule has 0 atom stereocenters. The van der Waals surface area contributed by atoms with Crippen molar-refractivity contribution >= 4 is 26.5 Å². The second-order valence-electron chi connectivity index (χ2n) is 0.942. The standard InChI is InChI=1S/C4H5.Bi/c1-3-4-2;/h1,3-4H,2H2;. The van der Waals surface area contributed by atoms with Gasteiger partial charge in [0.05, 0.1) is 0 Å². The van der Waals surface area contributed by atoms with Crippen LogP contribution in [0.2, 0.25) is 4.13 Å². The van der Waals surface area contributed by atoms with E-state index in [0.29, 0.717) is 0 Å². The van der Waals surface area contributed by atoms with Crippen molar-refractivity contribution in [1.29, 1.82) is 0 Å². The fourth-order valence-electron chi connectivity index (χ4n) is 0.304. The Morgan fingerprint density at radius 3 is 2.80 bits per heavy atom. The predicted octanol–water partition coefficient (Wildman–Crippen LogP) is 0.481. The van der Waals surface area contributed by atoms with E-state index >= 15 is 0 Å². The number of hydrogen-bond acceptors (Lipinski definition) is 0. The van der Waals surface area contributed by atoms with Gasteiger partial charge in [0.15, 0.2) is 0 Å². The van der Waals surface area contributed by atoms with Gasteiger partial charge in [0.25, 0.3) is 0 Å². The van der Waals surface area contributed by atoms with E-state index in [0.717, 1.165) is 0 Å². The summed E-state index contributed by atoms with van der Waals surface area (Å²) in [5.41, 5.74) is 0. The fourth-order valence-corrected chi connectivity index (χ4v) is 2.67. The van der Waals surface area contributed by atoms with E-state index in [9.17, 15) is 0 Å². The molecule has 1 rings (SSSR count). The van der Waals surface area contributed by atoms with Crippen molar-refractivity contribution in [3.05, 3.63) is 12.2 Å². The topological polar surface area (TPSA) is 0 Å². The van der Waals surface area contributed by atoms with E-state index < -0.39 is 0 Å². The van der Waals surface area contributed by atoms with Gasteiger partial charge in [0.2, 0.25) is 0 Å². The number of hydrogen-bond donors (Lipinski definition) is 0. The van der Waals surface area contributed by atoms with Crippen molar-refractivity contribution in [3.8, 4) is 0 Å². The minimum absolute atomic E-state index is 0.0201. The van der Waals surface area contributed by atoms with Crippen molar-refractivity contribution < 1.29 is 0 Å². The average Bonchev–Trinajstić information content (AvgIpc) is 1.76. The van der Waals surface area contributed by atoms with Crippen molar-refractivity contribution in [2.45, 2.75) is 4.13 Å². The third-order valence-electron chi connectivity index (χ3n) is 0.538. The van der Waals surface area contributed by atoms with Crippen LogP contribution in [0.4, 0.5) is 0 Å². The van der Waals surface area contributed by atoms with Crippen molar-refractivity contribution in [2.24, 2.45) is 0 Å². The Hall–Kier alpha value is 0.493. The van der Waals surface area contributed by atoms with Gasteiger partial charge in [0, 0.05) is 0 Å². The summed E-state index contributed by atoms with van der Waals surface area (Å²) in [6.07, 6.45) is 4.45. The third kappa shape index (κ3) is 0.926. The van der Waals surface area contributed by atoms with E-state index in [4.69, 9.17) is 0 Å². The molecule has 1 heteroatoms. The summed E-state index contributed by atoms with van der Waals surface area (Å²) >= 11 is 0.0201. The van der Waals surface area contributed by atoms with Gasteiger partial charge in [-0.25, -0.2) is 0 Å². The molecule has 0 aromatic rings. The van der Waals surface area contributed by atoms with Crippen LogP contribution >= 0.6 is 0 Å². The van der Waals surface area contributed by atoms with Gasteiger partial charge in [0.1, 0.15) is 0 Å². The van der Waals surface area contributed by atoms with Crippen molar-refractivity contribution in [1.82, 2.24) is 0 Å². The molecule has 0 saturated heterocycles. The molecule has 0 aromatic heterocycles. The number of allylic oxidation sites excluding steroid dienone is 2. The summed E-state index contributed by atoms with van der Waals surface area (Å²) in [6.45, 7) is 0. The van der Waals surface area contributed by atoms with Gasteiger partial charge >= 0.3 is 42.7 Å². The SMILES string of the molecule is C1=C[CH2][Bi]=[CH]1.